The lowest BCUT2D eigenvalue weighted by molar-refractivity contribution is -0.153. The zero-order chi connectivity index (χ0) is 22.5. The van der Waals surface area contributed by atoms with Crippen LogP contribution in [0.3, 0.4) is 0 Å². The molecule has 0 unspecified atom stereocenters. The van der Waals surface area contributed by atoms with Crippen LogP contribution >= 0.6 is 0 Å². The van der Waals surface area contributed by atoms with Gasteiger partial charge in [-0.25, -0.2) is 9.18 Å². The summed E-state index contributed by atoms with van der Waals surface area (Å²) in [7, 11) is 1.34. The Bertz CT molecular complexity index is 859. The van der Waals surface area contributed by atoms with E-state index in [0.717, 1.165) is 9.80 Å². The van der Waals surface area contributed by atoms with Crippen LogP contribution in [0.2, 0.25) is 0 Å². The van der Waals surface area contributed by atoms with Gasteiger partial charge in [0.2, 0.25) is 5.91 Å². The maximum Gasteiger partial charge on any atom is 0.326 e. The van der Waals surface area contributed by atoms with Crippen LogP contribution in [-0.2, 0) is 23.9 Å². The van der Waals surface area contributed by atoms with Crippen LogP contribution in [-0.4, -0.2) is 71.8 Å². The minimum atomic E-state index is -1.08. The van der Waals surface area contributed by atoms with Crippen molar-refractivity contribution in [2.45, 2.75) is 25.8 Å². The maximum atomic E-state index is 12.9. The first-order chi connectivity index (χ1) is 14.1. The van der Waals surface area contributed by atoms with E-state index in [1.165, 1.54) is 31.3 Å². The zero-order valence-electron chi connectivity index (χ0n) is 16.9. The maximum absolute atomic E-state index is 12.9. The number of carbonyl (C=O) groups is 5. The molecule has 0 saturated carbocycles. The summed E-state index contributed by atoms with van der Waals surface area (Å²) < 4.78 is 17.7. The molecular weight excluding hydrogens is 399 g/mol. The van der Waals surface area contributed by atoms with Gasteiger partial charge in [-0.05, 0) is 37.6 Å². The molecule has 162 valence electrons. The summed E-state index contributed by atoms with van der Waals surface area (Å²) in [5.41, 5.74) is -0.716. The lowest BCUT2D eigenvalue weighted by Gasteiger charge is -2.19. The van der Waals surface area contributed by atoms with Gasteiger partial charge in [0.25, 0.3) is 11.8 Å². The third-order valence-electron chi connectivity index (χ3n) is 4.63. The van der Waals surface area contributed by atoms with E-state index in [2.05, 4.69) is 10.6 Å². The number of anilines is 1. The lowest BCUT2D eigenvalue weighted by atomic mass is 9.99. The fourth-order valence-corrected chi connectivity index (χ4v) is 2.59. The molecule has 1 aromatic rings. The summed E-state index contributed by atoms with van der Waals surface area (Å²) in [6.45, 7) is 1.67. The van der Waals surface area contributed by atoms with Gasteiger partial charge < -0.3 is 20.3 Å². The van der Waals surface area contributed by atoms with Crippen molar-refractivity contribution in [3.8, 4) is 0 Å². The van der Waals surface area contributed by atoms with Gasteiger partial charge >= 0.3 is 12.0 Å². The highest BCUT2D eigenvalue weighted by Crippen LogP contribution is 2.20. The normalized spacial score (nSPS) is 18.1. The van der Waals surface area contributed by atoms with Crippen LogP contribution in [0.4, 0.5) is 14.9 Å². The molecule has 1 atom stereocenters. The molecule has 1 aliphatic heterocycles. The number of hydrogen-bond donors (Lipinski definition) is 2. The van der Waals surface area contributed by atoms with Gasteiger partial charge in [0.1, 0.15) is 17.9 Å². The summed E-state index contributed by atoms with van der Waals surface area (Å²) >= 11 is 0. The van der Waals surface area contributed by atoms with Gasteiger partial charge in [-0.3, -0.25) is 24.1 Å². The van der Waals surface area contributed by atoms with Crippen molar-refractivity contribution >= 4 is 35.4 Å². The van der Waals surface area contributed by atoms with Crippen LogP contribution in [0.25, 0.3) is 0 Å². The molecule has 11 heteroatoms. The fourth-order valence-electron chi connectivity index (χ4n) is 2.59. The van der Waals surface area contributed by atoms with Gasteiger partial charge in [-0.1, -0.05) is 6.92 Å². The highest BCUT2D eigenvalue weighted by atomic mass is 19.1. The highest BCUT2D eigenvalue weighted by Gasteiger charge is 2.47. The van der Waals surface area contributed by atoms with E-state index < -0.39 is 54.2 Å². The molecule has 30 heavy (non-hydrogen) atoms. The largest absolute Gasteiger partial charge is 0.454 e. The van der Waals surface area contributed by atoms with Crippen LogP contribution in [0.15, 0.2) is 24.3 Å². The number of rotatable bonds is 8. The number of esters is 1. The topological polar surface area (TPSA) is 125 Å². The van der Waals surface area contributed by atoms with E-state index in [1.807, 2.05) is 0 Å². The number of nitrogens with zero attached hydrogens (tertiary/aromatic N) is 2. The number of benzene rings is 1. The van der Waals surface area contributed by atoms with Crippen LogP contribution in [0, 0.1) is 5.82 Å². The van der Waals surface area contributed by atoms with E-state index in [0.29, 0.717) is 12.1 Å². The molecule has 2 N–H and O–H groups in total. The summed E-state index contributed by atoms with van der Waals surface area (Å²) in [4.78, 5) is 61.8. The molecule has 1 saturated heterocycles. The molecule has 0 aliphatic carbocycles. The molecule has 0 radical (unpaired) electrons. The standard InChI is InChI=1S/C19H23FN4O6/c1-4-19(2)17(28)24(18(29)22-19)10-16(27)30-11-15(26)23(3)9-14(25)21-13-7-5-12(20)6-8-13/h5-8H,4,9-11H2,1-3H3,(H,21,25)(H,22,29)/t19-/m0/s1. The average Bonchev–Trinajstić information content (AvgIpc) is 2.91. The van der Waals surface area contributed by atoms with E-state index in [1.54, 1.807) is 13.8 Å². The Morgan fingerprint density at radius 2 is 1.87 bits per heavy atom. The van der Waals surface area contributed by atoms with Crippen molar-refractivity contribution in [1.29, 1.82) is 0 Å². The Labute approximate surface area is 172 Å². The molecule has 0 aromatic heterocycles. The summed E-state index contributed by atoms with van der Waals surface area (Å²) in [6.07, 6.45) is 0.354. The van der Waals surface area contributed by atoms with Crippen LogP contribution in [0.1, 0.15) is 20.3 Å². The summed E-state index contributed by atoms with van der Waals surface area (Å²) in [5, 5.41) is 5.00. The lowest BCUT2D eigenvalue weighted by Crippen LogP contribution is -2.43. The minimum absolute atomic E-state index is 0.324. The molecule has 0 spiro atoms. The second kappa shape index (κ2) is 9.33. The van der Waals surface area contributed by atoms with Crippen LogP contribution in [0.5, 0.6) is 0 Å². The Hall–Kier alpha value is -3.50. The number of nitrogens with one attached hydrogen (secondary N) is 2. The van der Waals surface area contributed by atoms with Crippen molar-refractivity contribution in [3.05, 3.63) is 30.1 Å². The predicted molar refractivity (Wildman–Crippen MR) is 103 cm³/mol. The first kappa shape index (κ1) is 22.8. The smallest absolute Gasteiger partial charge is 0.326 e. The number of imide groups is 1. The number of urea groups is 1. The molecule has 1 aromatic carbocycles. The second-order valence-electron chi connectivity index (χ2n) is 6.97. The van der Waals surface area contributed by atoms with E-state index in [-0.39, 0.29) is 6.54 Å². The van der Waals surface area contributed by atoms with E-state index >= 15 is 0 Å². The van der Waals surface area contributed by atoms with E-state index in [9.17, 15) is 28.4 Å². The molecule has 1 fully saturated rings. The van der Waals surface area contributed by atoms with Crippen molar-refractivity contribution in [3.63, 3.8) is 0 Å². The molecule has 10 nitrogen and oxygen atoms in total. The quantitative estimate of drug-likeness (QED) is 0.464. The van der Waals surface area contributed by atoms with Gasteiger partial charge in [0.15, 0.2) is 6.61 Å². The zero-order valence-corrected chi connectivity index (χ0v) is 16.9. The van der Waals surface area contributed by atoms with Crippen LogP contribution < -0.4 is 10.6 Å². The van der Waals surface area contributed by atoms with Gasteiger partial charge in [-0.2, -0.15) is 0 Å². The predicted octanol–water partition coefficient (Wildman–Crippen LogP) is 0.486. The Balaban J connectivity index is 1.78. The number of carbonyl (C=O) groups excluding carboxylic acids is 5. The Kier molecular flexibility index (Phi) is 7.09. The van der Waals surface area contributed by atoms with Crippen molar-refractivity contribution in [2.24, 2.45) is 0 Å². The molecular formula is C19H23FN4O6. The van der Waals surface area contributed by atoms with Crippen molar-refractivity contribution in [1.82, 2.24) is 15.1 Å². The van der Waals surface area contributed by atoms with Gasteiger partial charge in [-0.15, -0.1) is 0 Å². The minimum Gasteiger partial charge on any atom is -0.454 e. The average molecular weight is 422 g/mol. The SMILES string of the molecule is CC[C@]1(C)NC(=O)N(CC(=O)OCC(=O)N(C)CC(=O)Nc2ccc(F)cc2)C1=O. The summed E-state index contributed by atoms with van der Waals surface area (Å²) in [5.74, 6) is -3.12. The molecule has 2 rings (SSSR count). The number of likely N-dealkylation sites (N-methyl/N-ethyl adjacent to an activating group) is 1. The number of amides is 5. The first-order valence-corrected chi connectivity index (χ1v) is 9.15. The third kappa shape index (κ3) is 5.52. The fraction of sp³-hybridized carbons (Fsp3) is 0.421. The van der Waals surface area contributed by atoms with Crippen molar-refractivity contribution < 1.29 is 33.1 Å². The molecule has 1 heterocycles. The molecule has 5 amide bonds. The van der Waals surface area contributed by atoms with Crippen molar-refractivity contribution in [2.75, 3.05) is 32.1 Å². The number of halogens is 1. The third-order valence-corrected chi connectivity index (χ3v) is 4.63. The van der Waals surface area contributed by atoms with Gasteiger partial charge in [0.05, 0.1) is 6.54 Å². The Morgan fingerprint density at radius 1 is 1.23 bits per heavy atom. The van der Waals surface area contributed by atoms with E-state index in [4.69, 9.17) is 4.74 Å². The highest BCUT2D eigenvalue weighted by molar-refractivity contribution is 6.08. The molecule has 1 aliphatic rings. The first-order valence-electron chi connectivity index (χ1n) is 9.15. The second-order valence-corrected chi connectivity index (χ2v) is 6.97. The number of ether oxygens (including phenoxy) is 1. The monoisotopic (exact) mass is 422 g/mol. The van der Waals surface area contributed by atoms with Gasteiger partial charge in [0, 0.05) is 12.7 Å². The Morgan fingerprint density at radius 3 is 2.43 bits per heavy atom. The number of hydrogen-bond acceptors (Lipinski definition) is 6. The molecule has 0 bridgehead atoms. The summed E-state index contributed by atoms with van der Waals surface area (Å²) in [6, 6.07) is 4.39.